The monoisotopic (exact) mass is 427 g/mol. The fraction of sp³-hybridized carbons (Fsp3) is 0.316. The molecule has 0 aliphatic carbocycles. The second-order valence-electron chi connectivity index (χ2n) is 6.08. The van der Waals surface area contributed by atoms with Crippen molar-refractivity contribution in [2.75, 3.05) is 13.2 Å². The summed E-state index contributed by atoms with van der Waals surface area (Å²) in [6.07, 6.45) is -0.0678. The highest BCUT2D eigenvalue weighted by molar-refractivity contribution is 7.99. The first kappa shape index (κ1) is 22.4. The van der Waals surface area contributed by atoms with Crippen molar-refractivity contribution in [3.8, 4) is 0 Å². The number of nitrogens with one attached hydrogen (secondary N) is 1. The van der Waals surface area contributed by atoms with E-state index in [1.807, 2.05) is 0 Å². The fourth-order valence-electron chi connectivity index (χ4n) is 2.97. The molecule has 1 fully saturated rings. The largest absolute Gasteiger partial charge is 0.381 e. The normalized spacial score (nSPS) is 16.1. The van der Waals surface area contributed by atoms with Crippen LogP contribution in [-0.4, -0.2) is 37.5 Å². The Labute approximate surface area is 168 Å². The average molecular weight is 428 g/mol. The van der Waals surface area contributed by atoms with Crippen LogP contribution in [0.5, 0.6) is 0 Å². The summed E-state index contributed by atoms with van der Waals surface area (Å²) >= 11 is 1.36. The van der Waals surface area contributed by atoms with Crippen molar-refractivity contribution in [2.45, 2.75) is 39.7 Å². The molecule has 0 bridgehead atoms. The maximum absolute atomic E-state index is 13.1. The van der Waals surface area contributed by atoms with E-state index in [1.165, 1.54) is 41.5 Å². The summed E-state index contributed by atoms with van der Waals surface area (Å²) in [5.41, 5.74) is 1.49. The number of hydroxylamine groups is 1. The highest BCUT2D eigenvalue weighted by Crippen LogP contribution is 2.36. The van der Waals surface area contributed by atoms with Crippen molar-refractivity contribution in [1.82, 2.24) is 5.48 Å². The van der Waals surface area contributed by atoms with E-state index in [9.17, 15) is 17.6 Å². The van der Waals surface area contributed by atoms with Gasteiger partial charge in [-0.3, -0.25) is 10.0 Å². The zero-order valence-corrected chi connectivity index (χ0v) is 15.9. The second kappa shape index (κ2) is 9.04. The highest BCUT2D eigenvalue weighted by atomic mass is 32.2. The standard InChI is InChI=1S/C18H18FNO5S2.CH4/c19-13-1-3-14(4-2-13)26-15-5-7-16(8-6-15)27(23,24)18(17(21)20-22)9-11-25-12-10-18;/h1-8,22H,9-12H2,(H,20,21);1H4. The molecule has 1 aliphatic rings. The number of hydrogen-bond donors (Lipinski definition) is 2. The third-order valence-corrected chi connectivity index (χ3v) is 8.04. The molecule has 9 heteroatoms. The molecule has 1 saturated heterocycles. The van der Waals surface area contributed by atoms with Crippen LogP contribution in [0.3, 0.4) is 0 Å². The van der Waals surface area contributed by atoms with E-state index in [0.29, 0.717) is 0 Å². The first-order valence-electron chi connectivity index (χ1n) is 8.19. The van der Waals surface area contributed by atoms with Crippen LogP contribution in [0.15, 0.2) is 63.2 Å². The van der Waals surface area contributed by atoms with E-state index >= 15 is 0 Å². The van der Waals surface area contributed by atoms with Crippen LogP contribution in [0.1, 0.15) is 20.3 Å². The molecule has 1 heterocycles. The molecule has 1 aliphatic heterocycles. The molecule has 28 heavy (non-hydrogen) atoms. The molecule has 2 aromatic rings. The Morgan fingerprint density at radius 3 is 2.04 bits per heavy atom. The smallest absolute Gasteiger partial charge is 0.265 e. The third-order valence-electron chi connectivity index (χ3n) is 4.51. The number of amides is 1. The van der Waals surface area contributed by atoms with Gasteiger partial charge in [0.15, 0.2) is 14.6 Å². The Bertz CT molecular complexity index is 908. The number of rotatable bonds is 5. The van der Waals surface area contributed by atoms with E-state index in [4.69, 9.17) is 9.94 Å². The first-order chi connectivity index (χ1) is 12.9. The maximum atomic E-state index is 13.1. The number of ether oxygens (including phenoxy) is 1. The average Bonchev–Trinajstić information content (AvgIpc) is 2.70. The molecule has 0 saturated carbocycles. The predicted molar refractivity (Wildman–Crippen MR) is 104 cm³/mol. The molecule has 0 atom stereocenters. The topological polar surface area (TPSA) is 92.7 Å². The van der Waals surface area contributed by atoms with Crippen LogP contribution >= 0.6 is 11.8 Å². The fourth-order valence-corrected chi connectivity index (χ4v) is 5.73. The minimum Gasteiger partial charge on any atom is -0.381 e. The highest BCUT2D eigenvalue weighted by Gasteiger charge is 2.52. The molecule has 1 amide bonds. The lowest BCUT2D eigenvalue weighted by Crippen LogP contribution is -2.54. The summed E-state index contributed by atoms with van der Waals surface area (Å²) < 4.78 is 42.7. The third kappa shape index (κ3) is 4.22. The van der Waals surface area contributed by atoms with Crippen LogP contribution in [0.2, 0.25) is 0 Å². The van der Waals surface area contributed by atoms with Gasteiger partial charge in [0.25, 0.3) is 5.91 Å². The quantitative estimate of drug-likeness (QED) is 0.561. The number of sulfone groups is 1. The number of halogens is 1. The molecule has 0 radical (unpaired) electrons. The Kier molecular flexibility index (Phi) is 7.22. The number of carbonyl (C=O) groups is 1. The van der Waals surface area contributed by atoms with E-state index in [1.54, 1.807) is 24.3 Å². The number of benzene rings is 2. The van der Waals surface area contributed by atoms with Gasteiger partial charge in [0, 0.05) is 23.0 Å². The molecule has 6 nitrogen and oxygen atoms in total. The maximum Gasteiger partial charge on any atom is 0.265 e. The van der Waals surface area contributed by atoms with Crippen molar-refractivity contribution in [3.05, 3.63) is 54.3 Å². The van der Waals surface area contributed by atoms with Gasteiger partial charge in [0.1, 0.15) is 5.82 Å². The summed E-state index contributed by atoms with van der Waals surface area (Å²) in [4.78, 5) is 13.8. The van der Waals surface area contributed by atoms with Crippen LogP contribution < -0.4 is 5.48 Å². The van der Waals surface area contributed by atoms with Gasteiger partial charge in [-0.1, -0.05) is 19.2 Å². The van der Waals surface area contributed by atoms with Crippen LogP contribution in [-0.2, 0) is 19.4 Å². The number of carbonyl (C=O) groups excluding carboxylic acids is 1. The Morgan fingerprint density at radius 1 is 1.04 bits per heavy atom. The Balaban J connectivity index is 0.00000280. The summed E-state index contributed by atoms with van der Waals surface area (Å²) in [5.74, 6) is -1.28. The lowest BCUT2D eigenvalue weighted by Gasteiger charge is -2.34. The molecular formula is C19H22FNO5S2. The van der Waals surface area contributed by atoms with Crippen molar-refractivity contribution in [3.63, 3.8) is 0 Å². The Hall–Kier alpha value is -1.94. The van der Waals surface area contributed by atoms with Crippen molar-refractivity contribution in [2.24, 2.45) is 0 Å². The van der Waals surface area contributed by atoms with Crippen LogP contribution in [0, 0.1) is 5.82 Å². The Morgan fingerprint density at radius 2 is 1.54 bits per heavy atom. The van der Waals surface area contributed by atoms with E-state index in [0.717, 1.165) is 9.79 Å². The van der Waals surface area contributed by atoms with E-state index < -0.39 is 20.5 Å². The van der Waals surface area contributed by atoms with E-state index in [2.05, 4.69) is 0 Å². The van der Waals surface area contributed by atoms with Gasteiger partial charge in [-0.2, -0.15) is 0 Å². The van der Waals surface area contributed by atoms with Gasteiger partial charge in [0.2, 0.25) is 0 Å². The van der Waals surface area contributed by atoms with Gasteiger partial charge in [-0.05, 0) is 61.4 Å². The zero-order chi connectivity index (χ0) is 19.5. The van der Waals surface area contributed by atoms with Crippen molar-refractivity contribution in [1.29, 1.82) is 0 Å². The van der Waals surface area contributed by atoms with Crippen LogP contribution in [0.4, 0.5) is 4.39 Å². The van der Waals surface area contributed by atoms with E-state index in [-0.39, 0.29) is 44.2 Å². The molecule has 2 N–H and O–H groups in total. The molecule has 0 aromatic heterocycles. The van der Waals surface area contributed by atoms with Gasteiger partial charge in [-0.25, -0.2) is 18.3 Å². The lowest BCUT2D eigenvalue weighted by molar-refractivity contribution is -0.134. The first-order valence-corrected chi connectivity index (χ1v) is 10.5. The SMILES string of the molecule is C.O=C(NO)C1(S(=O)(=O)c2ccc(Sc3ccc(F)cc3)cc2)CCOCC1. The molecule has 2 aromatic carbocycles. The molecule has 0 unspecified atom stereocenters. The molecule has 152 valence electrons. The minimum atomic E-state index is -4.04. The second-order valence-corrected chi connectivity index (χ2v) is 9.49. The van der Waals surface area contributed by atoms with Gasteiger partial charge in [0.05, 0.1) is 4.90 Å². The van der Waals surface area contributed by atoms with Gasteiger partial charge < -0.3 is 4.74 Å². The molecular weight excluding hydrogens is 405 g/mol. The van der Waals surface area contributed by atoms with Gasteiger partial charge in [-0.15, -0.1) is 0 Å². The number of hydrogen-bond acceptors (Lipinski definition) is 6. The van der Waals surface area contributed by atoms with Gasteiger partial charge >= 0.3 is 0 Å². The minimum absolute atomic E-state index is 0. The van der Waals surface area contributed by atoms with Crippen LogP contribution in [0.25, 0.3) is 0 Å². The predicted octanol–water partition coefficient (Wildman–Crippen LogP) is 3.44. The summed E-state index contributed by atoms with van der Waals surface area (Å²) in [6.45, 7) is 0.232. The summed E-state index contributed by atoms with van der Waals surface area (Å²) in [7, 11) is -4.04. The zero-order valence-electron chi connectivity index (χ0n) is 14.2. The molecule has 0 spiro atoms. The lowest BCUT2D eigenvalue weighted by atomic mass is 9.98. The van der Waals surface area contributed by atoms with Crippen molar-refractivity contribution >= 4 is 27.5 Å². The molecule has 3 rings (SSSR count). The van der Waals surface area contributed by atoms with Crippen molar-refractivity contribution < 1.29 is 27.5 Å². The summed E-state index contributed by atoms with van der Waals surface area (Å²) in [5, 5.41) is 9.06. The summed E-state index contributed by atoms with van der Waals surface area (Å²) in [6, 6.07) is 12.1.